The number of β-amino-alcohol motifs (C(OH)–C–C–N with tert-alkyl or cyclic N) is 2. The van der Waals surface area contributed by atoms with E-state index in [0.29, 0.717) is 19.6 Å². The Balaban J connectivity index is 2.20. The summed E-state index contributed by atoms with van der Waals surface area (Å²) in [4.78, 5) is 2.05. The molecule has 17 heavy (non-hydrogen) atoms. The Morgan fingerprint density at radius 3 is 2.41 bits per heavy atom. The Morgan fingerprint density at radius 1 is 1.29 bits per heavy atom. The molecule has 2 rings (SSSR count). The maximum absolute atomic E-state index is 9.60. The summed E-state index contributed by atoms with van der Waals surface area (Å²) < 4.78 is 0. The first-order valence-electron chi connectivity index (χ1n) is 5.99. The number of nitrogens with zero attached hydrogens (tertiary/aromatic N) is 1. The minimum atomic E-state index is -0.659. The number of aryl methyl sites for hydroxylation is 1. The quantitative estimate of drug-likeness (QED) is 0.692. The number of likely N-dealkylation sites (tertiary alicyclic amines) is 1. The monoisotopic (exact) mass is 236 g/mol. The molecule has 1 fully saturated rings. The number of aliphatic hydroxyl groups is 2. The van der Waals surface area contributed by atoms with Gasteiger partial charge in [0.2, 0.25) is 0 Å². The van der Waals surface area contributed by atoms with Gasteiger partial charge in [0.1, 0.15) is 0 Å². The third-order valence-corrected chi connectivity index (χ3v) is 3.50. The van der Waals surface area contributed by atoms with Crippen LogP contribution in [0.5, 0.6) is 0 Å². The van der Waals surface area contributed by atoms with Crippen molar-refractivity contribution in [1.82, 2.24) is 4.90 Å². The second-order valence-electron chi connectivity index (χ2n) is 4.70. The van der Waals surface area contributed by atoms with E-state index in [1.165, 1.54) is 11.1 Å². The first-order valence-corrected chi connectivity index (χ1v) is 5.99. The molecule has 0 amide bonds. The number of rotatable bonds is 3. The second-order valence-corrected chi connectivity index (χ2v) is 4.70. The Hall–Kier alpha value is -0.940. The van der Waals surface area contributed by atoms with Gasteiger partial charge in [0, 0.05) is 25.7 Å². The normalized spacial score (nSPS) is 27.3. The van der Waals surface area contributed by atoms with E-state index in [0.717, 1.165) is 0 Å². The zero-order valence-corrected chi connectivity index (χ0v) is 10.1. The molecule has 1 aromatic carbocycles. The Labute approximate surface area is 102 Å². The number of aliphatic hydroxyl groups excluding tert-OH is 2. The number of hydrogen-bond donors (Lipinski definition) is 3. The van der Waals surface area contributed by atoms with Crippen LogP contribution in [-0.4, -0.2) is 47.0 Å². The minimum absolute atomic E-state index is 0.0722. The molecule has 0 saturated carbocycles. The van der Waals surface area contributed by atoms with Crippen molar-refractivity contribution < 1.29 is 10.2 Å². The van der Waals surface area contributed by atoms with Gasteiger partial charge in [-0.2, -0.15) is 0 Å². The molecule has 0 radical (unpaired) electrons. The molecule has 1 heterocycles. The second kappa shape index (κ2) is 5.14. The highest BCUT2D eigenvalue weighted by atomic mass is 16.3. The van der Waals surface area contributed by atoms with E-state index in [9.17, 15) is 10.2 Å². The average Bonchev–Trinajstić information content (AvgIpc) is 2.63. The van der Waals surface area contributed by atoms with Gasteiger partial charge in [-0.05, 0) is 18.1 Å². The van der Waals surface area contributed by atoms with E-state index >= 15 is 0 Å². The number of benzene rings is 1. The summed E-state index contributed by atoms with van der Waals surface area (Å²) in [5.41, 5.74) is 8.21. The molecule has 94 valence electrons. The summed E-state index contributed by atoms with van der Waals surface area (Å²) in [6.45, 7) is 3.51. The lowest BCUT2D eigenvalue weighted by Crippen LogP contribution is -2.33. The molecule has 4 nitrogen and oxygen atoms in total. The molecule has 0 bridgehead atoms. The van der Waals surface area contributed by atoms with Crippen molar-refractivity contribution in [3.05, 3.63) is 35.4 Å². The van der Waals surface area contributed by atoms with Gasteiger partial charge in [0.25, 0.3) is 0 Å². The van der Waals surface area contributed by atoms with Gasteiger partial charge in [-0.15, -0.1) is 0 Å². The molecule has 4 N–H and O–H groups in total. The molecule has 3 atom stereocenters. The minimum Gasteiger partial charge on any atom is -0.389 e. The lowest BCUT2D eigenvalue weighted by Gasteiger charge is -2.27. The predicted octanol–water partition coefficient (Wildman–Crippen LogP) is 0.0322. The van der Waals surface area contributed by atoms with Crippen molar-refractivity contribution >= 4 is 0 Å². The lowest BCUT2D eigenvalue weighted by molar-refractivity contribution is 0.0572. The van der Waals surface area contributed by atoms with Gasteiger partial charge in [-0.3, -0.25) is 4.90 Å². The van der Waals surface area contributed by atoms with E-state index in [2.05, 4.69) is 24.0 Å². The van der Waals surface area contributed by atoms with E-state index in [-0.39, 0.29) is 6.04 Å². The molecule has 1 aromatic rings. The Bertz CT molecular complexity index is 373. The highest BCUT2D eigenvalue weighted by Gasteiger charge is 2.34. The van der Waals surface area contributed by atoms with Gasteiger partial charge >= 0.3 is 0 Å². The van der Waals surface area contributed by atoms with Crippen LogP contribution < -0.4 is 5.73 Å². The first-order chi connectivity index (χ1) is 8.13. The molecule has 1 saturated heterocycles. The van der Waals surface area contributed by atoms with E-state index < -0.39 is 12.2 Å². The first kappa shape index (κ1) is 12.5. The van der Waals surface area contributed by atoms with Crippen molar-refractivity contribution in [2.24, 2.45) is 5.73 Å². The molecule has 1 aliphatic rings. The SMILES string of the molecule is Cc1ccccc1C(CN)N1CC(O)C(O)C1. The zero-order chi connectivity index (χ0) is 12.4. The molecular formula is C13H20N2O2. The van der Waals surface area contributed by atoms with Crippen LogP contribution in [0.15, 0.2) is 24.3 Å². The third kappa shape index (κ3) is 2.50. The predicted molar refractivity (Wildman–Crippen MR) is 66.6 cm³/mol. The van der Waals surface area contributed by atoms with Crippen molar-refractivity contribution in [3.63, 3.8) is 0 Å². The molecule has 0 spiro atoms. The number of nitrogens with two attached hydrogens (primary N) is 1. The molecular weight excluding hydrogens is 216 g/mol. The van der Waals surface area contributed by atoms with Crippen LogP contribution in [0, 0.1) is 6.92 Å². The molecule has 0 aliphatic carbocycles. The van der Waals surface area contributed by atoms with Crippen molar-refractivity contribution in [2.75, 3.05) is 19.6 Å². The summed E-state index contributed by atoms with van der Waals surface area (Å²) in [6.07, 6.45) is -1.32. The largest absolute Gasteiger partial charge is 0.389 e. The van der Waals surface area contributed by atoms with Crippen molar-refractivity contribution in [1.29, 1.82) is 0 Å². The van der Waals surface area contributed by atoms with E-state index in [4.69, 9.17) is 5.73 Å². The molecule has 1 aliphatic heterocycles. The summed E-state index contributed by atoms with van der Waals surface area (Å²) >= 11 is 0. The van der Waals surface area contributed by atoms with Gasteiger partial charge in [-0.1, -0.05) is 24.3 Å². The Kier molecular flexibility index (Phi) is 3.79. The highest BCUT2D eigenvalue weighted by molar-refractivity contribution is 5.29. The molecule has 0 aromatic heterocycles. The maximum Gasteiger partial charge on any atom is 0.0938 e. The van der Waals surface area contributed by atoms with Gasteiger partial charge < -0.3 is 15.9 Å². The lowest BCUT2D eigenvalue weighted by atomic mass is 10.0. The van der Waals surface area contributed by atoms with Crippen molar-refractivity contribution in [3.8, 4) is 0 Å². The third-order valence-electron chi connectivity index (χ3n) is 3.50. The smallest absolute Gasteiger partial charge is 0.0938 e. The van der Waals surface area contributed by atoms with E-state index in [1.54, 1.807) is 0 Å². The van der Waals surface area contributed by atoms with Crippen LogP contribution in [0.1, 0.15) is 17.2 Å². The topological polar surface area (TPSA) is 69.7 Å². The zero-order valence-electron chi connectivity index (χ0n) is 10.1. The van der Waals surface area contributed by atoms with Gasteiger partial charge in [0.15, 0.2) is 0 Å². The maximum atomic E-state index is 9.60. The fourth-order valence-electron chi connectivity index (χ4n) is 2.49. The van der Waals surface area contributed by atoms with Gasteiger partial charge in [0.05, 0.1) is 12.2 Å². The fraction of sp³-hybridized carbons (Fsp3) is 0.538. The van der Waals surface area contributed by atoms with Crippen LogP contribution in [0.3, 0.4) is 0 Å². The summed E-state index contributed by atoms with van der Waals surface area (Å²) in [5.74, 6) is 0. The number of hydrogen-bond acceptors (Lipinski definition) is 4. The summed E-state index contributed by atoms with van der Waals surface area (Å²) in [5, 5.41) is 19.2. The fourth-order valence-corrected chi connectivity index (χ4v) is 2.49. The van der Waals surface area contributed by atoms with Crippen LogP contribution in [-0.2, 0) is 0 Å². The summed E-state index contributed by atoms with van der Waals surface area (Å²) in [7, 11) is 0. The summed E-state index contributed by atoms with van der Waals surface area (Å²) in [6, 6.07) is 8.18. The Morgan fingerprint density at radius 2 is 1.88 bits per heavy atom. The van der Waals surface area contributed by atoms with Gasteiger partial charge in [-0.25, -0.2) is 0 Å². The highest BCUT2D eigenvalue weighted by Crippen LogP contribution is 2.26. The van der Waals surface area contributed by atoms with Crippen LogP contribution in [0.2, 0.25) is 0 Å². The van der Waals surface area contributed by atoms with E-state index in [1.807, 2.05) is 12.1 Å². The standard InChI is InChI=1S/C13H20N2O2/c1-9-4-2-3-5-10(9)11(6-14)15-7-12(16)13(17)8-15/h2-5,11-13,16-17H,6-8,14H2,1H3. The molecule has 4 heteroatoms. The molecule has 3 unspecified atom stereocenters. The van der Waals surface area contributed by atoms with Crippen LogP contribution in [0.4, 0.5) is 0 Å². The van der Waals surface area contributed by atoms with Crippen molar-refractivity contribution in [2.45, 2.75) is 25.2 Å². The average molecular weight is 236 g/mol. The van der Waals surface area contributed by atoms with Crippen LogP contribution >= 0.6 is 0 Å². The van der Waals surface area contributed by atoms with Crippen LogP contribution in [0.25, 0.3) is 0 Å².